The highest BCUT2D eigenvalue weighted by atomic mass is 16.5. The van der Waals surface area contributed by atoms with Gasteiger partial charge in [-0.25, -0.2) is 0 Å². The second kappa shape index (κ2) is 6.18. The molecule has 0 bridgehead atoms. The molecule has 0 spiro atoms. The first-order valence-corrected chi connectivity index (χ1v) is 7.36. The lowest BCUT2D eigenvalue weighted by molar-refractivity contribution is 0.0209. The summed E-state index contributed by atoms with van der Waals surface area (Å²) < 4.78 is 5.85. The lowest BCUT2D eigenvalue weighted by Gasteiger charge is -2.24. The van der Waals surface area contributed by atoms with E-state index in [2.05, 4.69) is 6.92 Å². The summed E-state index contributed by atoms with van der Waals surface area (Å²) in [6, 6.07) is 0. The maximum Gasteiger partial charge on any atom is 0.0917 e. The zero-order chi connectivity index (χ0) is 13.0. The van der Waals surface area contributed by atoms with E-state index in [0.29, 0.717) is 12.3 Å². The molecule has 1 aliphatic carbocycles. The Labute approximate surface area is 110 Å². The van der Waals surface area contributed by atoms with E-state index in [1.165, 1.54) is 12.8 Å². The molecule has 2 rings (SSSR count). The van der Waals surface area contributed by atoms with Gasteiger partial charge in [-0.1, -0.05) is 38.3 Å². The Balaban J connectivity index is 1.87. The SMILES string of the molecule is CCCCC[C@H](O)/C=C/C12CC(O)CC1CCO2. The third kappa shape index (κ3) is 3.14. The maximum absolute atomic E-state index is 9.91. The number of rotatable bonds is 6. The minimum atomic E-state index is -0.367. The molecule has 18 heavy (non-hydrogen) atoms. The number of hydrogen-bond donors (Lipinski definition) is 2. The first-order chi connectivity index (χ1) is 8.66. The van der Waals surface area contributed by atoms with Gasteiger partial charge in [0.1, 0.15) is 0 Å². The van der Waals surface area contributed by atoms with Gasteiger partial charge >= 0.3 is 0 Å². The van der Waals surface area contributed by atoms with Crippen LogP contribution in [0.2, 0.25) is 0 Å². The number of aliphatic hydroxyl groups excluding tert-OH is 2. The van der Waals surface area contributed by atoms with Crippen LogP contribution in [-0.2, 0) is 4.74 Å². The van der Waals surface area contributed by atoms with Gasteiger partial charge in [0.25, 0.3) is 0 Å². The molecule has 3 nitrogen and oxygen atoms in total. The lowest BCUT2D eigenvalue weighted by atomic mass is 9.90. The Kier molecular flexibility index (Phi) is 4.82. The highest BCUT2D eigenvalue weighted by Gasteiger charge is 2.49. The van der Waals surface area contributed by atoms with E-state index in [-0.39, 0.29) is 17.8 Å². The van der Waals surface area contributed by atoms with Crippen LogP contribution in [0, 0.1) is 5.92 Å². The molecule has 1 saturated carbocycles. The van der Waals surface area contributed by atoms with E-state index in [1.807, 2.05) is 12.2 Å². The molecule has 2 N–H and O–H groups in total. The number of ether oxygens (including phenoxy) is 1. The molecule has 1 aliphatic heterocycles. The number of fused-ring (bicyclic) bond motifs is 1. The lowest BCUT2D eigenvalue weighted by Crippen LogP contribution is -2.29. The second-order valence-electron chi connectivity index (χ2n) is 5.80. The third-order valence-electron chi connectivity index (χ3n) is 4.34. The van der Waals surface area contributed by atoms with Crippen molar-refractivity contribution in [3.63, 3.8) is 0 Å². The van der Waals surface area contributed by atoms with Crippen LogP contribution in [0.3, 0.4) is 0 Å². The molecular weight excluding hydrogens is 228 g/mol. The molecular formula is C15H26O3. The van der Waals surface area contributed by atoms with Crippen LogP contribution in [-0.4, -0.2) is 34.6 Å². The summed E-state index contributed by atoms with van der Waals surface area (Å²) in [6.07, 6.45) is 10.1. The first-order valence-electron chi connectivity index (χ1n) is 7.36. The van der Waals surface area contributed by atoms with Crippen LogP contribution in [0.4, 0.5) is 0 Å². The highest BCUT2D eigenvalue weighted by molar-refractivity contribution is 5.14. The van der Waals surface area contributed by atoms with E-state index in [1.54, 1.807) is 0 Å². The molecule has 104 valence electrons. The van der Waals surface area contributed by atoms with Gasteiger partial charge in [-0.2, -0.15) is 0 Å². The van der Waals surface area contributed by atoms with E-state index in [0.717, 1.165) is 32.3 Å². The molecule has 0 aromatic heterocycles. The minimum Gasteiger partial charge on any atom is -0.393 e. The van der Waals surface area contributed by atoms with Crippen molar-refractivity contribution in [2.45, 2.75) is 69.7 Å². The molecule has 1 saturated heterocycles. The fraction of sp³-hybridized carbons (Fsp3) is 0.867. The Hall–Kier alpha value is -0.380. The van der Waals surface area contributed by atoms with Gasteiger partial charge < -0.3 is 14.9 Å². The Morgan fingerprint density at radius 3 is 3.06 bits per heavy atom. The van der Waals surface area contributed by atoms with E-state index in [9.17, 15) is 10.2 Å². The van der Waals surface area contributed by atoms with Crippen molar-refractivity contribution in [2.75, 3.05) is 6.61 Å². The van der Waals surface area contributed by atoms with Gasteiger partial charge in [0.2, 0.25) is 0 Å². The monoisotopic (exact) mass is 254 g/mol. The molecule has 0 radical (unpaired) electrons. The summed E-state index contributed by atoms with van der Waals surface area (Å²) in [6.45, 7) is 2.95. The second-order valence-corrected chi connectivity index (χ2v) is 5.80. The first kappa shape index (κ1) is 14.0. The van der Waals surface area contributed by atoms with Crippen molar-refractivity contribution in [3.05, 3.63) is 12.2 Å². The molecule has 0 amide bonds. The molecule has 3 unspecified atom stereocenters. The molecule has 4 atom stereocenters. The van der Waals surface area contributed by atoms with E-state index in [4.69, 9.17) is 4.74 Å². The van der Waals surface area contributed by atoms with Crippen molar-refractivity contribution in [3.8, 4) is 0 Å². The highest BCUT2D eigenvalue weighted by Crippen LogP contribution is 2.46. The van der Waals surface area contributed by atoms with Gasteiger partial charge in [-0.15, -0.1) is 0 Å². The average Bonchev–Trinajstić information content (AvgIpc) is 2.83. The number of aliphatic hydroxyl groups is 2. The van der Waals surface area contributed by atoms with E-state index >= 15 is 0 Å². The zero-order valence-corrected chi connectivity index (χ0v) is 11.3. The smallest absolute Gasteiger partial charge is 0.0917 e. The van der Waals surface area contributed by atoms with Gasteiger partial charge in [-0.3, -0.25) is 0 Å². The summed E-state index contributed by atoms with van der Waals surface area (Å²) in [7, 11) is 0. The quantitative estimate of drug-likeness (QED) is 0.565. The van der Waals surface area contributed by atoms with Crippen LogP contribution in [0.5, 0.6) is 0 Å². The fourth-order valence-electron chi connectivity index (χ4n) is 3.30. The van der Waals surface area contributed by atoms with Gasteiger partial charge in [0.05, 0.1) is 17.8 Å². The fourth-order valence-corrected chi connectivity index (χ4v) is 3.30. The molecule has 2 fully saturated rings. The summed E-state index contributed by atoms with van der Waals surface area (Å²) in [5.41, 5.74) is -0.287. The largest absolute Gasteiger partial charge is 0.393 e. The number of hydrogen-bond acceptors (Lipinski definition) is 3. The van der Waals surface area contributed by atoms with Crippen LogP contribution in [0.25, 0.3) is 0 Å². The standard InChI is InChI=1S/C15H26O3/c1-2-3-4-5-13(16)6-8-15-11-14(17)10-12(15)7-9-18-15/h6,8,12-14,16-17H,2-5,7,9-11H2,1H3/b8-6+/t12?,13-,14?,15?/m0/s1. The minimum absolute atomic E-state index is 0.239. The summed E-state index contributed by atoms with van der Waals surface area (Å²) in [5, 5.41) is 19.7. The summed E-state index contributed by atoms with van der Waals surface area (Å²) >= 11 is 0. The van der Waals surface area contributed by atoms with Crippen molar-refractivity contribution >= 4 is 0 Å². The third-order valence-corrected chi connectivity index (χ3v) is 4.34. The van der Waals surface area contributed by atoms with Crippen LogP contribution in [0.15, 0.2) is 12.2 Å². The zero-order valence-electron chi connectivity index (χ0n) is 11.3. The van der Waals surface area contributed by atoms with Crippen LogP contribution < -0.4 is 0 Å². The predicted octanol–water partition coefficient (Wildman–Crippen LogP) is 2.41. The molecule has 0 aromatic carbocycles. The topological polar surface area (TPSA) is 49.7 Å². The van der Waals surface area contributed by atoms with Crippen LogP contribution in [0.1, 0.15) is 51.9 Å². The van der Waals surface area contributed by atoms with Gasteiger partial charge in [-0.05, 0) is 25.2 Å². The Morgan fingerprint density at radius 2 is 2.28 bits per heavy atom. The van der Waals surface area contributed by atoms with Crippen molar-refractivity contribution < 1.29 is 14.9 Å². The maximum atomic E-state index is 9.91. The number of unbranched alkanes of at least 4 members (excludes halogenated alkanes) is 2. The Morgan fingerprint density at radius 1 is 1.44 bits per heavy atom. The van der Waals surface area contributed by atoms with Crippen LogP contribution >= 0.6 is 0 Å². The Bertz CT molecular complexity index is 289. The van der Waals surface area contributed by atoms with Gasteiger partial charge in [0.15, 0.2) is 0 Å². The molecule has 3 heteroatoms. The average molecular weight is 254 g/mol. The summed E-state index contributed by atoms with van der Waals surface area (Å²) in [5.74, 6) is 0.437. The van der Waals surface area contributed by atoms with Gasteiger partial charge in [0, 0.05) is 13.0 Å². The van der Waals surface area contributed by atoms with E-state index < -0.39 is 0 Å². The molecule has 2 aliphatic rings. The molecule has 1 heterocycles. The predicted molar refractivity (Wildman–Crippen MR) is 71.3 cm³/mol. The van der Waals surface area contributed by atoms with Crippen molar-refractivity contribution in [2.24, 2.45) is 5.92 Å². The van der Waals surface area contributed by atoms with Crippen molar-refractivity contribution in [1.29, 1.82) is 0 Å². The van der Waals surface area contributed by atoms with Crippen molar-refractivity contribution in [1.82, 2.24) is 0 Å². The molecule has 0 aromatic rings. The normalized spacial score (nSPS) is 37.3. The summed E-state index contributed by atoms with van der Waals surface area (Å²) in [4.78, 5) is 0.